The van der Waals surface area contributed by atoms with Crippen molar-refractivity contribution < 1.29 is 0 Å². The number of fused-ring (bicyclic) bond motifs is 1. The zero-order valence-corrected chi connectivity index (χ0v) is 9.37. The van der Waals surface area contributed by atoms with Crippen LogP contribution in [-0.4, -0.2) is 13.6 Å². The van der Waals surface area contributed by atoms with E-state index in [-0.39, 0.29) is 0 Å². The van der Waals surface area contributed by atoms with E-state index in [1.165, 1.54) is 30.4 Å². The molecule has 1 aliphatic carbocycles. The molecule has 0 saturated heterocycles. The fourth-order valence-corrected chi connectivity index (χ4v) is 2.24. The molecule has 1 atom stereocenters. The summed E-state index contributed by atoms with van der Waals surface area (Å²) < 4.78 is 0. The Hall–Kier alpha value is -1.08. The van der Waals surface area contributed by atoms with Crippen molar-refractivity contribution in [3.63, 3.8) is 0 Å². The number of unbranched alkanes of at least 4 members (excludes halogenated alkanes) is 1. The molecule has 0 amide bonds. The van der Waals surface area contributed by atoms with Crippen LogP contribution < -0.4 is 5.32 Å². The van der Waals surface area contributed by atoms with Gasteiger partial charge in [0, 0.05) is 5.92 Å². The van der Waals surface area contributed by atoms with E-state index in [2.05, 4.69) is 41.7 Å². The Morgan fingerprint density at radius 2 is 2.07 bits per heavy atom. The third-order valence-corrected chi connectivity index (χ3v) is 3.10. The topological polar surface area (TPSA) is 12.0 Å². The van der Waals surface area contributed by atoms with Crippen LogP contribution in [0.3, 0.4) is 0 Å². The van der Waals surface area contributed by atoms with Crippen LogP contribution in [0.4, 0.5) is 0 Å². The van der Waals surface area contributed by atoms with E-state index in [1.807, 2.05) is 7.05 Å². The maximum absolute atomic E-state index is 3.19. The number of allylic oxidation sites excluding steroid dienone is 1. The van der Waals surface area contributed by atoms with Gasteiger partial charge in [0.15, 0.2) is 0 Å². The highest BCUT2D eigenvalue weighted by molar-refractivity contribution is 5.62. The molecule has 0 radical (unpaired) electrons. The van der Waals surface area contributed by atoms with Gasteiger partial charge in [0.05, 0.1) is 0 Å². The molecule has 1 heteroatoms. The van der Waals surface area contributed by atoms with Crippen molar-refractivity contribution in [1.82, 2.24) is 5.32 Å². The molecule has 0 spiro atoms. The molecule has 0 heterocycles. The summed E-state index contributed by atoms with van der Waals surface area (Å²) >= 11 is 0. The molecule has 0 aliphatic heterocycles. The summed E-state index contributed by atoms with van der Waals surface area (Å²) in [7, 11) is 2.02. The van der Waals surface area contributed by atoms with E-state index in [0.29, 0.717) is 5.92 Å². The van der Waals surface area contributed by atoms with Crippen molar-refractivity contribution in [2.24, 2.45) is 0 Å². The lowest BCUT2D eigenvalue weighted by atomic mass is 9.95. The zero-order valence-electron chi connectivity index (χ0n) is 9.37. The molecule has 1 aromatic carbocycles. The Kier molecular flexibility index (Phi) is 3.57. The van der Waals surface area contributed by atoms with Crippen molar-refractivity contribution in [2.75, 3.05) is 13.6 Å². The van der Waals surface area contributed by atoms with Crippen LogP contribution in [0, 0.1) is 0 Å². The summed E-state index contributed by atoms with van der Waals surface area (Å²) in [5, 5.41) is 3.19. The Bertz CT molecular complexity index is 341. The van der Waals surface area contributed by atoms with Crippen LogP contribution in [0.1, 0.15) is 36.3 Å². The molecule has 1 unspecified atom stereocenters. The monoisotopic (exact) mass is 201 g/mol. The summed E-state index contributed by atoms with van der Waals surface area (Å²) in [6, 6.07) is 8.73. The van der Waals surface area contributed by atoms with Crippen LogP contribution in [0.5, 0.6) is 0 Å². The van der Waals surface area contributed by atoms with E-state index < -0.39 is 0 Å². The molecule has 1 aromatic rings. The van der Waals surface area contributed by atoms with E-state index >= 15 is 0 Å². The lowest BCUT2D eigenvalue weighted by Crippen LogP contribution is -2.07. The molecule has 0 aromatic heterocycles. The van der Waals surface area contributed by atoms with E-state index in [9.17, 15) is 0 Å². The SMILES string of the molecule is CNCCCCC1C=Cc2ccccc21. The van der Waals surface area contributed by atoms with Gasteiger partial charge in [-0.05, 0) is 37.6 Å². The molecular weight excluding hydrogens is 182 g/mol. The van der Waals surface area contributed by atoms with Gasteiger partial charge in [-0.25, -0.2) is 0 Å². The number of nitrogens with one attached hydrogen (secondary N) is 1. The average molecular weight is 201 g/mol. The van der Waals surface area contributed by atoms with Gasteiger partial charge in [0.1, 0.15) is 0 Å². The Morgan fingerprint density at radius 1 is 1.20 bits per heavy atom. The highest BCUT2D eigenvalue weighted by Crippen LogP contribution is 2.33. The molecule has 0 fully saturated rings. The van der Waals surface area contributed by atoms with E-state index in [0.717, 1.165) is 6.54 Å². The van der Waals surface area contributed by atoms with Crippen LogP contribution in [-0.2, 0) is 0 Å². The van der Waals surface area contributed by atoms with Gasteiger partial charge in [0.25, 0.3) is 0 Å². The minimum atomic E-state index is 0.665. The summed E-state index contributed by atoms with van der Waals surface area (Å²) in [5.41, 5.74) is 2.93. The molecule has 1 nitrogen and oxygen atoms in total. The standard InChI is InChI=1S/C14H19N/c1-15-11-5-4-7-13-10-9-12-6-2-3-8-14(12)13/h2-3,6,8-10,13,15H,4-5,7,11H2,1H3. The fourth-order valence-electron chi connectivity index (χ4n) is 2.24. The van der Waals surface area contributed by atoms with Crippen molar-refractivity contribution in [1.29, 1.82) is 0 Å². The van der Waals surface area contributed by atoms with Gasteiger partial charge >= 0.3 is 0 Å². The largest absolute Gasteiger partial charge is 0.320 e. The third-order valence-electron chi connectivity index (χ3n) is 3.10. The second-order valence-corrected chi connectivity index (χ2v) is 4.19. The van der Waals surface area contributed by atoms with E-state index in [1.54, 1.807) is 0 Å². The van der Waals surface area contributed by atoms with Gasteiger partial charge in [0.2, 0.25) is 0 Å². The Morgan fingerprint density at radius 3 is 2.93 bits per heavy atom. The van der Waals surface area contributed by atoms with Crippen molar-refractivity contribution in [3.8, 4) is 0 Å². The minimum Gasteiger partial charge on any atom is -0.320 e. The normalized spacial score (nSPS) is 18.1. The lowest BCUT2D eigenvalue weighted by molar-refractivity contribution is 0.616. The van der Waals surface area contributed by atoms with Crippen LogP contribution in [0.2, 0.25) is 0 Å². The molecule has 2 rings (SSSR count). The first kappa shape index (κ1) is 10.4. The maximum Gasteiger partial charge on any atom is 0.00272 e. The van der Waals surface area contributed by atoms with Crippen molar-refractivity contribution >= 4 is 6.08 Å². The maximum atomic E-state index is 3.19. The van der Waals surface area contributed by atoms with Crippen molar-refractivity contribution in [2.45, 2.75) is 25.2 Å². The second kappa shape index (κ2) is 5.13. The average Bonchev–Trinajstić information content (AvgIpc) is 2.68. The van der Waals surface area contributed by atoms with Crippen LogP contribution >= 0.6 is 0 Å². The number of rotatable bonds is 5. The minimum absolute atomic E-state index is 0.665. The lowest BCUT2D eigenvalue weighted by Gasteiger charge is -2.10. The number of benzene rings is 1. The summed E-state index contributed by atoms with van der Waals surface area (Å²) in [6.45, 7) is 1.14. The van der Waals surface area contributed by atoms with E-state index in [4.69, 9.17) is 0 Å². The fraction of sp³-hybridized carbons (Fsp3) is 0.429. The van der Waals surface area contributed by atoms with Gasteiger partial charge in [-0.15, -0.1) is 0 Å². The highest BCUT2D eigenvalue weighted by Gasteiger charge is 2.15. The van der Waals surface area contributed by atoms with Gasteiger partial charge < -0.3 is 5.32 Å². The summed E-state index contributed by atoms with van der Waals surface area (Å²) in [6.07, 6.45) is 8.49. The first-order chi connectivity index (χ1) is 7.42. The first-order valence-electron chi connectivity index (χ1n) is 5.83. The zero-order chi connectivity index (χ0) is 10.5. The first-order valence-corrected chi connectivity index (χ1v) is 5.83. The smallest absolute Gasteiger partial charge is 0.00272 e. The Balaban J connectivity index is 1.88. The molecule has 0 bridgehead atoms. The third kappa shape index (κ3) is 2.48. The molecule has 1 N–H and O–H groups in total. The predicted molar refractivity (Wildman–Crippen MR) is 66.0 cm³/mol. The molecule has 15 heavy (non-hydrogen) atoms. The molecule has 80 valence electrons. The number of hydrogen-bond acceptors (Lipinski definition) is 1. The summed E-state index contributed by atoms with van der Waals surface area (Å²) in [4.78, 5) is 0. The summed E-state index contributed by atoms with van der Waals surface area (Å²) in [5.74, 6) is 0.665. The number of hydrogen-bond donors (Lipinski definition) is 1. The van der Waals surface area contributed by atoms with Gasteiger partial charge in [-0.1, -0.05) is 42.8 Å². The highest BCUT2D eigenvalue weighted by atomic mass is 14.8. The van der Waals surface area contributed by atoms with Crippen LogP contribution in [0.25, 0.3) is 6.08 Å². The molecular formula is C14H19N. The molecule has 0 saturated carbocycles. The Labute approximate surface area is 92.2 Å². The predicted octanol–water partition coefficient (Wildman–Crippen LogP) is 3.19. The van der Waals surface area contributed by atoms with Gasteiger partial charge in [-0.2, -0.15) is 0 Å². The quantitative estimate of drug-likeness (QED) is 0.721. The second-order valence-electron chi connectivity index (χ2n) is 4.19. The van der Waals surface area contributed by atoms with Crippen molar-refractivity contribution in [3.05, 3.63) is 41.5 Å². The van der Waals surface area contributed by atoms with Crippen LogP contribution in [0.15, 0.2) is 30.3 Å². The molecule has 1 aliphatic rings. The van der Waals surface area contributed by atoms with Gasteiger partial charge in [-0.3, -0.25) is 0 Å².